The van der Waals surface area contributed by atoms with E-state index in [9.17, 15) is 4.79 Å². The Morgan fingerprint density at radius 3 is 2.35 bits per heavy atom. The van der Waals surface area contributed by atoms with Gasteiger partial charge in [-0.2, -0.15) is 0 Å². The van der Waals surface area contributed by atoms with Gasteiger partial charge < -0.3 is 14.2 Å². The van der Waals surface area contributed by atoms with Gasteiger partial charge in [-0.3, -0.25) is 0 Å². The molecule has 0 aliphatic carbocycles. The van der Waals surface area contributed by atoms with E-state index < -0.39 is 11.8 Å². The Morgan fingerprint density at radius 1 is 1.17 bits per heavy atom. The predicted molar refractivity (Wildman–Crippen MR) is 91.3 cm³/mol. The molecule has 0 bridgehead atoms. The number of para-hydroxylation sites is 1. The fourth-order valence-corrected chi connectivity index (χ4v) is 2.01. The molecule has 0 heterocycles. The van der Waals surface area contributed by atoms with Crippen molar-refractivity contribution in [3.05, 3.63) is 43.0 Å². The van der Waals surface area contributed by atoms with E-state index in [1.54, 1.807) is 6.92 Å². The lowest BCUT2D eigenvalue weighted by atomic mass is 9.99. The maximum absolute atomic E-state index is 11.4. The fraction of sp³-hybridized carbons (Fsp3) is 0.526. The Morgan fingerprint density at radius 2 is 1.83 bits per heavy atom. The lowest BCUT2D eigenvalue weighted by molar-refractivity contribution is -0.223. The normalized spacial score (nSPS) is 16.0. The van der Waals surface area contributed by atoms with Crippen molar-refractivity contribution in [2.75, 3.05) is 6.61 Å². The van der Waals surface area contributed by atoms with Crippen molar-refractivity contribution in [3.8, 4) is 5.75 Å². The van der Waals surface area contributed by atoms with E-state index in [2.05, 4.69) is 20.4 Å². The summed E-state index contributed by atoms with van der Waals surface area (Å²) in [7, 11) is 0. The second-order valence-corrected chi connectivity index (χ2v) is 5.93. The van der Waals surface area contributed by atoms with Crippen LogP contribution in [0.15, 0.2) is 43.0 Å². The summed E-state index contributed by atoms with van der Waals surface area (Å²) in [6.45, 7) is 11.7. The van der Waals surface area contributed by atoms with Gasteiger partial charge in [0.25, 0.3) is 0 Å². The van der Waals surface area contributed by atoms with Gasteiger partial charge in [0.1, 0.15) is 11.4 Å². The monoisotopic (exact) mass is 320 g/mol. The zero-order valence-corrected chi connectivity index (χ0v) is 14.6. The molecule has 0 aromatic heterocycles. The Balaban J connectivity index is 2.59. The van der Waals surface area contributed by atoms with E-state index in [1.807, 2.05) is 37.3 Å². The molecule has 2 unspecified atom stereocenters. The first-order valence-electron chi connectivity index (χ1n) is 8.10. The van der Waals surface area contributed by atoms with Crippen LogP contribution in [0.4, 0.5) is 0 Å². The highest BCUT2D eigenvalue weighted by atomic mass is 16.7. The van der Waals surface area contributed by atoms with Gasteiger partial charge in [0.15, 0.2) is 0 Å². The van der Waals surface area contributed by atoms with Gasteiger partial charge in [-0.1, -0.05) is 38.6 Å². The summed E-state index contributed by atoms with van der Waals surface area (Å²) < 4.78 is 17.2. The van der Waals surface area contributed by atoms with Crippen LogP contribution in [0.25, 0.3) is 0 Å². The van der Waals surface area contributed by atoms with Gasteiger partial charge >= 0.3 is 5.97 Å². The van der Waals surface area contributed by atoms with Crippen molar-refractivity contribution in [2.45, 2.75) is 58.3 Å². The summed E-state index contributed by atoms with van der Waals surface area (Å²) in [6, 6.07) is 9.74. The molecule has 0 saturated carbocycles. The number of hydrogen-bond donors (Lipinski definition) is 0. The van der Waals surface area contributed by atoms with Crippen LogP contribution in [0.3, 0.4) is 0 Å². The smallest absolute Gasteiger partial charge is 0.332 e. The first kappa shape index (κ1) is 19.2. The third kappa shape index (κ3) is 6.45. The van der Waals surface area contributed by atoms with Crippen molar-refractivity contribution in [3.63, 3.8) is 0 Å². The van der Waals surface area contributed by atoms with Crippen LogP contribution in [-0.4, -0.2) is 24.0 Å². The highest BCUT2D eigenvalue weighted by Gasteiger charge is 2.30. The highest BCUT2D eigenvalue weighted by molar-refractivity contribution is 5.81. The van der Waals surface area contributed by atoms with E-state index in [1.165, 1.54) is 0 Å². The van der Waals surface area contributed by atoms with Gasteiger partial charge in [-0.25, -0.2) is 4.79 Å². The minimum atomic E-state index is -0.938. The summed E-state index contributed by atoms with van der Waals surface area (Å²) in [6.07, 6.45) is 3.25. The molecule has 0 saturated heterocycles. The molecule has 0 aliphatic rings. The fourth-order valence-electron chi connectivity index (χ4n) is 2.01. The maximum Gasteiger partial charge on any atom is 0.332 e. The van der Waals surface area contributed by atoms with Crippen LogP contribution >= 0.6 is 0 Å². The summed E-state index contributed by atoms with van der Waals surface area (Å²) in [5, 5.41) is 0. The standard InChI is InChI=1S/C19H28O4/c1-6-17(20)23-19(5,8-3)21-15-14-18(4,7-2)22-16-12-10-9-11-13-16/h6,9-13H,1,7-8,14-15H2,2-5H3. The summed E-state index contributed by atoms with van der Waals surface area (Å²) in [5.41, 5.74) is -0.335. The van der Waals surface area contributed by atoms with Crippen molar-refractivity contribution < 1.29 is 19.0 Å². The number of hydrogen-bond acceptors (Lipinski definition) is 4. The van der Waals surface area contributed by atoms with Gasteiger partial charge in [0, 0.05) is 25.8 Å². The second kappa shape index (κ2) is 8.73. The SMILES string of the molecule is C=CC(=O)OC(C)(CC)OCCC(C)(CC)Oc1ccccc1. The summed E-state index contributed by atoms with van der Waals surface area (Å²) in [4.78, 5) is 11.4. The average Bonchev–Trinajstić information content (AvgIpc) is 2.55. The number of carbonyl (C=O) groups excluding carboxylic acids is 1. The van der Waals surface area contributed by atoms with Gasteiger partial charge in [-0.15, -0.1) is 0 Å². The predicted octanol–water partition coefficient (Wildman–Crippen LogP) is 4.50. The Bertz CT molecular complexity index is 499. The number of benzene rings is 1. The summed E-state index contributed by atoms with van der Waals surface area (Å²) in [5.74, 6) is -0.575. The average molecular weight is 320 g/mol. The molecule has 0 spiro atoms. The first-order valence-corrected chi connectivity index (χ1v) is 8.10. The highest BCUT2D eigenvalue weighted by Crippen LogP contribution is 2.26. The van der Waals surface area contributed by atoms with Crippen LogP contribution in [0.1, 0.15) is 47.0 Å². The van der Waals surface area contributed by atoms with Gasteiger partial charge in [0.2, 0.25) is 5.79 Å². The van der Waals surface area contributed by atoms with E-state index in [-0.39, 0.29) is 5.60 Å². The van der Waals surface area contributed by atoms with Crippen LogP contribution in [0, 0.1) is 0 Å². The molecule has 1 aromatic rings. The number of rotatable bonds is 10. The molecule has 0 amide bonds. The van der Waals surface area contributed by atoms with Crippen molar-refractivity contribution in [1.29, 1.82) is 0 Å². The van der Waals surface area contributed by atoms with Crippen LogP contribution in [0.2, 0.25) is 0 Å². The number of carbonyl (C=O) groups is 1. The molecule has 4 heteroatoms. The van der Waals surface area contributed by atoms with E-state index in [0.717, 1.165) is 18.2 Å². The molecule has 1 rings (SSSR count). The molecule has 4 nitrogen and oxygen atoms in total. The molecule has 1 aromatic carbocycles. The molecular formula is C19H28O4. The molecule has 0 radical (unpaired) electrons. The summed E-state index contributed by atoms with van der Waals surface area (Å²) >= 11 is 0. The van der Waals surface area contributed by atoms with Crippen molar-refractivity contribution in [1.82, 2.24) is 0 Å². The molecular weight excluding hydrogens is 292 g/mol. The van der Waals surface area contributed by atoms with Crippen LogP contribution in [-0.2, 0) is 14.3 Å². The molecule has 0 fully saturated rings. The minimum absolute atomic E-state index is 0.335. The third-order valence-electron chi connectivity index (χ3n) is 4.02. The zero-order chi connectivity index (χ0) is 17.3. The maximum atomic E-state index is 11.4. The lowest BCUT2D eigenvalue weighted by Crippen LogP contribution is -2.38. The van der Waals surface area contributed by atoms with Crippen LogP contribution in [0.5, 0.6) is 5.75 Å². The molecule has 2 atom stereocenters. The van der Waals surface area contributed by atoms with Gasteiger partial charge in [0.05, 0.1) is 6.61 Å². The zero-order valence-electron chi connectivity index (χ0n) is 14.6. The molecule has 23 heavy (non-hydrogen) atoms. The minimum Gasteiger partial charge on any atom is -0.488 e. The van der Waals surface area contributed by atoms with Crippen molar-refractivity contribution >= 4 is 5.97 Å². The Labute approximate surface area is 139 Å². The Kier molecular flexibility index (Phi) is 7.30. The van der Waals surface area contributed by atoms with Crippen LogP contribution < -0.4 is 4.74 Å². The lowest BCUT2D eigenvalue weighted by Gasteiger charge is -2.33. The van der Waals surface area contributed by atoms with E-state index >= 15 is 0 Å². The largest absolute Gasteiger partial charge is 0.488 e. The van der Waals surface area contributed by atoms with E-state index in [4.69, 9.17) is 14.2 Å². The first-order chi connectivity index (χ1) is 10.9. The topological polar surface area (TPSA) is 44.8 Å². The molecule has 0 N–H and O–H groups in total. The van der Waals surface area contributed by atoms with Gasteiger partial charge in [-0.05, 0) is 25.5 Å². The number of esters is 1. The Hall–Kier alpha value is -1.81. The molecule has 0 aliphatic heterocycles. The van der Waals surface area contributed by atoms with E-state index in [0.29, 0.717) is 19.4 Å². The second-order valence-electron chi connectivity index (χ2n) is 5.93. The quantitative estimate of drug-likeness (QED) is 0.362. The van der Waals surface area contributed by atoms with Crippen molar-refractivity contribution in [2.24, 2.45) is 0 Å². The molecule has 128 valence electrons. The number of ether oxygens (including phenoxy) is 3. The third-order valence-corrected chi connectivity index (χ3v) is 4.02.